The number of ether oxygens (including phenoxy) is 2. The summed E-state index contributed by atoms with van der Waals surface area (Å²) in [6.45, 7) is 3.67. The number of likely N-dealkylation sites (tertiary alicyclic amines) is 1. The number of thiophene rings is 1. The molecule has 0 unspecified atom stereocenters. The third-order valence-corrected chi connectivity index (χ3v) is 5.91. The molecule has 2 aliphatic rings. The Bertz CT molecular complexity index is 772. The number of hydrogen-bond acceptors (Lipinski definition) is 6. The van der Waals surface area contributed by atoms with Crippen LogP contribution in [0.3, 0.4) is 0 Å². The number of aromatic nitrogens is 2. The van der Waals surface area contributed by atoms with E-state index in [4.69, 9.17) is 9.47 Å². The molecule has 2 atom stereocenters. The maximum absolute atomic E-state index is 12.6. The summed E-state index contributed by atoms with van der Waals surface area (Å²) in [6.07, 6.45) is 3.75. The van der Waals surface area contributed by atoms with Crippen molar-refractivity contribution in [2.75, 3.05) is 26.3 Å². The molecule has 8 heteroatoms. The van der Waals surface area contributed by atoms with Crippen molar-refractivity contribution in [3.05, 3.63) is 40.3 Å². The van der Waals surface area contributed by atoms with Crippen LogP contribution in [0.1, 0.15) is 28.2 Å². The minimum atomic E-state index is -0.102. The van der Waals surface area contributed by atoms with Gasteiger partial charge >= 0.3 is 0 Å². The maximum Gasteiger partial charge on any atom is 0.227 e. The van der Waals surface area contributed by atoms with Gasteiger partial charge in [-0.3, -0.25) is 14.3 Å². The quantitative estimate of drug-likeness (QED) is 0.758. The minimum Gasteiger partial charge on any atom is -0.371 e. The summed E-state index contributed by atoms with van der Waals surface area (Å²) in [5.41, 5.74) is 0.887. The number of ketones is 1. The summed E-state index contributed by atoms with van der Waals surface area (Å²) < 4.78 is 13.9. The Kier molecular flexibility index (Phi) is 4.88. The van der Waals surface area contributed by atoms with Gasteiger partial charge in [-0.05, 0) is 30.0 Å². The van der Waals surface area contributed by atoms with Crippen LogP contribution in [0.15, 0.2) is 29.9 Å². The molecule has 0 aromatic carbocycles. The standard InChI is InChI=1S/C18H21N3O4S/c1-12(22)17-5-13(11-26-17)6-18(23)20-7-15-16(8-20)25-10-14(9-24-15)21-4-2-3-19-21/h2-5,11,14-16H,6-10H2,1H3/t15-,16-/m0/s1. The van der Waals surface area contributed by atoms with Gasteiger partial charge in [0.05, 0.1) is 30.6 Å². The fourth-order valence-electron chi connectivity index (χ4n) is 3.37. The van der Waals surface area contributed by atoms with Crippen LogP contribution in [0.5, 0.6) is 0 Å². The zero-order chi connectivity index (χ0) is 18.1. The molecule has 0 saturated carbocycles. The van der Waals surface area contributed by atoms with Crippen LogP contribution >= 0.6 is 11.3 Å². The van der Waals surface area contributed by atoms with Gasteiger partial charge < -0.3 is 14.4 Å². The van der Waals surface area contributed by atoms with Crippen molar-refractivity contribution in [2.45, 2.75) is 31.6 Å². The van der Waals surface area contributed by atoms with Gasteiger partial charge in [0.1, 0.15) is 12.2 Å². The highest BCUT2D eigenvalue weighted by atomic mass is 32.1. The van der Waals surface area contributed by atoms with Gasteiger partial charge in [0, 0.05) is 25.5 Å². The zero-order valence-electron chi connectivity index (χ0n) is 14.5. The van der Waals surface area contributed by atoms with E-state index in [9.17, 15) is 9.59 Å². The predicted octanol–water partition coefficient (Wildman–Crippen LogP) is 1.56. The van der Waals surface area contributed by atoms with Gasteiger partial charge in [-0.2, -0.15) is 5.10 Å². The molecular formula is C18H21N3O4S. The van der Waals surface area contributed by atoms with Gasteiger partial charge in [0.25, 0.3) is 0 Å². The first kappa shape index (κ1) is 17.4. The Hall–Kier alpha value is -2.03. The van der Waals surface area contributed by atoms with E-state index in [1.807, 2.05) is 22.3 Å². The lowest BCUT2D eigenvalue weighted by molar-refractivity contribution is -0.130. The van der Waals surface area contributed by atoms with E-state index in [0.717, 1.165) is 5.56 Å². The number of carbonyl (C=O) groups is 2. The average molecular weight is 375 g/mol. The van der Waals surface area contributed by atoms with Crippen molar-refractivity contribution in [3.63, 3.8) is 0 Å². The first-order valence-electron chi connectivity index (χ1n) is 8.68. The molecule has 26 heavy (non-hydrogen) atoms. The molecule has 0 bridgehead atoms. The van der Waals surface area contributed by atoms with E-state index in [0.29, 0.717) is 37.6 Å². The summed E-state index contributed by atoms with van der Waals surface area (Å²) >= 11 is 1.39. The van der Waals surface area contributed by atoms with Crippen molar-refractivity contribution < 1.29 is 19.1 Å². The second kappa shape index (κ2) is 7.30. The lowest BCUT2D eigenvalue weighted by Gasteiger charge is -2.18. The Morgan fingerprint density at radius 1 is 1.27 bits per heavy atom. The van der Waals surface area contributed by atoms with Gasteiger partial charge in [-0.15, -0.1) is 11.3 Å². The summed E-state index contributed by atoms with van der Waals surface area (Å²) in [5.74, 6) is 0.0764. The molecule has 7 nitrogen and oxygen atoms in total. The van der Waals surface area contributed by atoms with Crippen molar-refractivity contribution in [2.24, 2.45) is 0 Å². The van der Waals surface area contributed by atoms with E-state index < -0.39 is 0 Å². The molecule has 0 aliphatic carbocycles. The normalized spacial score (nSPS) is 23.7. The molecule has 2 fully saturated rings. The van der Waals surface area contributed by atoms with Crippen LogP contribution in [0.4, 0.5) is 0 Å². The molecule has 0 N–H and O–H groups in total. The van der Waals surface area contributed by atoms with Gasteiger partial charge in [0.2, 0.25) is 5.91 Å². The summed E-state index contributed by atoms with van der Waals surface area (Å²) in [6, 6.07) is 3.75. The van der Waals surface area contributed by atoms with E-state index in [2.05, 4.69) is 5.10 Å². The Morgan fingerprint density at radius 2 is 2.00 bits per heavy atom. The molecular weight excluding hydrogens is 354 g/mol. The number of rotatable bonds is 4. The Balaban J connectivity index is 1.34. The summed E-state index contributed by atoms with van der Waals surface area (Å²) in [4.78, 5) is 26.5. The smallest absolute Gasteiger partial charge is 0.227 e. The number of amides is 1. The van der Waals surface area contributed by atoms with Gasteiger partial charge in [-0.1, -0.05) is 0 Å². The van der Waals surface area contributed by atoms with Crippen LogP contribution in [0.2, 0.25) is 0 Å². The number of nitrogens with zero attached hydrogens (tertiary/aromatic N) is 3. The lowest BCUT2D eigenvalue weighted by Crippen LogP contribution is -2.32. The van der Waals surface area contributed by atoms with Gasteiger partial charge in [-0.25, -0.2) is 0 Å². The molecule has 2 aromatic rings. The second-order valence-corrected chi connectivity index (χ2v) is 7.65. The van der Waals surface area contributed by atoms with Crippen molar-refractivity contribution in [1.82, 2.24) is 14.7 Å². The first-order chi connectivity index (χ1) is 12.6. The molecule has 0 radical (unpaired) electrons. The van der Waals surface area contributed by atoms with E-state index in [1.165, 1.54) is 18.3 Å². The molecule has 2 aromatic heterocycles. The molecule has 138 valence electrons. The number of hydrogen-bond donors (Lipinski definition) is 0. The molecule has 2 aliphatic heterocycles. The molecule has 4 rings (SSSR count). The Morgan fingerprint density at radius 3 is 2.58 bits per heavy atom. The second-order valence-electron chi connectivity index (χ2n) is 6.73. The highest BCUT2D eigenvalue weighted by Gasteiger charge is 2.39. The molecule has 0 spiro atoms. The van der Waals surface area contributed by atoms with Gasteiger partial charge in [0.15, 0.2) is 5.78 Å². The third kappa shape index (κ3) is 3.58. The fourth-order valence-corrected chi connectivity index (χ4v) is 4.19. The van der Waals surface area contributed by atoms with Crippen LogP contribution in [0, 0.1) is 0 Å². The highest BCUT2D eigenvalue weighted by Crippen LogP contribution is 2.24. The van der Waals surface area contributed by atoms with Crippen LogP contribution < -0.4 is 0 Å². The van der Waals surface area contributed by atoms with Crippen LogP contribution in [-0.4, -0.2) is 64.9 Å². The van der Waals surface area contributed by atoms with Crippen LogP contribution in [-0.2, 0) is 20.7 Å². The molecule has 1 amide bonds. The van der Waals surface area contributed by atoms with Crippen molar-refractivity contribution in [3.8, 4) is 0 Å². The van der Waals surface area contributed by atoms with E-state index >= 15 is 0 Å². The minimum absolute atomic E-state index is 0.0330. The zero-order valence-corrected chi connectivity index (χ0v) is 15.4. The predicted molar refractivity (Wildman–Crippen MR) is 95.4 cm³/mol. The molecule has 2 saturated heterocycles. The number of carbonyl (C=O) groups excluding carboxylic acids is 2. The summed E-state index contributed by atoms with van der Waals surface area (Å²) in [5, 5.41) is 6.13. The summed E-state index contributed by atoms with van der Waals surface area (Å²) in [7, 11) is 0. The lowest BCUT2D eigenvalue weighted by atomic mass is 10.2. The maximum atomic E-state index is 12.6. The first-order valence-corrected chi connectivity index (χ1v) is 9.56. The highest BCUT2D eigenvalue weighted by molar-refractivity contribution is 7.12. The monoisotopic (exact) mass is 375 g/mol. The van der Waals surface area contributed by atoms with Crippen molar-refractivity contribution >= 4 is 23.0 Å². The number of Topliss-reactive ketones (excluding diaryl/α,β-unsaturated/α-hetero) is 1. The van der Waals surface area contributed by atoms with E-state index in [1.54, 1.807) is 17.2 Å². The fraction of sp³-hybridized carbons (Fsp3) is 0.500. The molecule has 4 heterocycles. The average Bonchev–Trinajstić information content (AvgIpc) is 3.34. The van der Waals surface area contributed by atoms with Crippen molar-refractivity contribution in [1.29, 1.82) is 0 Å². The number of fused-ring (bicyclic) bond motifs is 1. The third-order valence-electron chi connectivity index (χ3n) is 4.83. The largest absolute Gasteiger partial charge is 0.371 e. The Labute approximate surface area is 155 Å². The van der Waals surface area contributed by atoms with Crippen LogP contribution in [0.25, 0.3) is 0 Å². The SMILES string of the molecule is CC(=O)c1cc(CC(=O)N2C[C@@H]3OCC(n4cccn4)CO[C@H]3C2)cs1. The van der Waals surface area contributed by atoms with E-state index in [-0.39, 0.29) is 29.9 Å². The topological polar surface area (TPSA) is 73.7 Å².